The predicted molar refractivity (Wildman–Crippen MR) is 69.7 cm³/mol. The van der Waals surface area contributed by atoms with Crippen molar-refractivity contribution in [1.29, 1.82) is 0 Å². The minimum Gasteiger partial charge on any atom is -0.311 e. The van der Waals surface area contributed by atoms with E-state index < -0.39 is 0 Å². The van der Waals surface area contributed by atoms with Crippen LogP contribution in [-0.4, -0.2) is 23.5 Å². The molecule has 0 radical (unpaired) electrons. The fraction of sp³-hybridized carbons (Fsp3) is 0.636. The van der Waals surface area contributed by atoms with Crippen molar-refractivity contribution in [3.8, 4) is 0 Å². The Balaban J connectivity index is 2.40. The molecule has 3 nitrogen and oxygen atoms in total. The Morgan fingerprint density at radius 2 is 1.94 bits per heavy atom. The van der Waals surface area contributed by atoms with E-state index in [9.17, 15) is 4.79 Å². The smallest absolute Gasteiger partial charge is 0.180 e. The third-order valence-corrected chi connectivity index (χ3v) is 4.50. The molecule has 5 heteroatoms. The topological polar surface area (TPSA) is 25.2 Å². The van der Waals surface area contributed by atoms with E-state index in [2.05, 4.69) is 9.69 Å². The van der Waals surface area contributed by atoms with Crippen molar-refractivity contribution in [3.63, 3.8) is 0 Å². The first-order valence-corrected chi connectivity index (χ1v) is 6.82. The quantitative estimate of drug-likeness (QED) is 0.601. The Morgan fingerprint density at radius 3 is 2.44 bits per heavy atom. The number of aromatic nitrogens is 1. The van der Waals surface area contributed by atoms with Gasteiger partial charge in [0.25, 0.3) is 0 Å². The van der Waals surface area contributed by atoms with Crippen molar-refractivity contribution in [3.05, 3.63) is 14.5 Å². The van der Waals surface area contributed by atoms with Gasteiger partial charge in [-0.1, -0.05) is 11.3 Å². The molecule has 1 aromatic heterocycles. The molecule has 0 atom stereocenters. The zero-order valence-corrected chi connectivity index (χ0v) is 11.3. The first kappa shape index (κ1) is 11.8. The highest BCUT2D eigenvalue weighted by molar-refractivity contribution is 7.73. The number of thiazole rings is 1. The maximum atomic E-state index is 11.4. The van der Waals surface area contributed by atoms with Crippen LogP contribution >= 0.6 is 23.6 Å². The molecule has 0 amide bonds. The molecule has 0 spiro atoms. The lowest BCUT2D eigenvalue weighted by Crippen LogP contribution is -2.39. The second-order valence-corrected chi connectivity index (χ2v) is 5.81. The van der Waals surface area contributed by atoms with Gasteiger partial charge in [-0.25, -0.2) is 4.68 Å². The molecule has 2 rings (SSSR count). The molecule has 0 unspecified atom stereocenters. The van der Waals surface area contributed by atoms with Crippen LogP contribution < -0.4 is 5.01 Å². The van der Waals surface area contributed by atoms with Crippen LogP contribution in [0.1, 0.15) is 41.6 Å². The Labute approximate surface area is 105 Å². The lowest BCUT2D eigenvalue weighted by molar-refractivity contribution is 0.102. The van der Waals surface area contributed by atoms with Gasteiger partial charge in [-0.2, -0.15) is 0 Å². The molecule has 1 saturated heterocycles. The van der Waals surface area contributed by atoms with E-state index in [0.717, 1.165) is 27.6 Å². The molecule has 1 aliphatic rings. The van der Waals surface area contributed by atoms with Crippen LogP contribution in [0.3, 0.4) is 0 Å². The highest BCUT2D eigenvalue weighted by Crippen LogP contribution is 2.21. The van der Waals surface area contributed by atoms with Gasteiger partial charge in [0.15, 0.2) is 9.74 Å². The number of piperidine rings is 1. The Bertz CT molecular complexity index is 455. The molecular weight excluding hydrogens is 240 g/mol. The number of hydrogen-bond donors (Lipinski definition) is 0. The normalized spacial score (nSPS) is 16.5. The molecule has 0 bridgehead atoms. The van der Waals surface area contributed by atoms with E-state index in [4.69, 9.17) is 12.2 Å². The molecule has 1 aromatic rings. The average Bonchev–Trinajstić information content (AvgIpc) is 2.56. The second-order valence-electron chi connectivity index (χ2n) is 4.16. The monoisotopic (exact) mass is 256 g/mol. The van der Waals surface area contributed by atoms with Gasteiger partial charge in [0.2, 0.25) is 0 Å². The third-order valence-electron chi connectivity index (χ3n) is 2.94. The summed E-state index contributed by atoms with van der Waals surface area (Å²) in [6.07, 6.45) is 3.73. The van der Waals surface area contributed by atoms with Crippen LogP contribution in [-0.2, 0) is 0 Å². The number of carbonyl (C=O) groups is 1. The molecule has 1 aliphatic heterocycles. The van der Waals surface area contributed by atoms with Crippen molar-refractivity contribution in [1.82, 2.24) is 4.68 Å². The molecular formula is C11H16N2OS2. The molecule has 16 heavy (non-hydrogen) atoms. The van der Waals surface area contributed by atoms with Gasteiger partial charge >= 0.3 is 0 Å². The van der Waals surface area contributed by atoms with Crippen LogP contribution in [0, 0.1) is 10.9 Å². The van der Waals surface area contributed by atoms with E-state index in [-0.39, 0.29) is 5.78 Å². The molecule has 88 valence electrons. The summed E-state index contributed by atoms with van der Waals surface area (Å²) in [4.78, 5) is 12.2. The van der Waals surface area contributed by atoms with E-state index in [1.165, 1.54) is 30.6 Å². The summed E-state index contributed by atoms with van der Waals surface area (Å²) in [6.45, 7) is 5.68. The van der Waals surface area contributed by atoms with Crippen molar-refractivity contribution in [2.45, 2.75) is 33.1 Å². The number of carbonyl (C=O) groups excluding carboxylic acids is 1. The average molecular weight is 256 g/mol. The lowest BCUT2D eigenvalue weighted by atomic mass is 10.2. The zero-order chi connectivity index (χ0) is 11.7. The molecule has 0 aromatic carbocycles. The lowest BCUT2D eigenvalue weighted by Gasteiger charge is -2.30. The first-order valence-electron chi connectivity index (χ1n) is 5.60. The highest BCUT2D eigenvalue weighted by atomic mass is 32.1. The molecule has 0 N–H and O–H groups in total. The number of rotatable bonds is 2. The summed E-state index contributed by atoms with van der Waals surface area (Å²) >= 11 is 6.78. The van der Waals surface area contributed by atoms with Gasteiger partial charge in [-0.3, -0.25) is 4.79 Å². The van der Waals surface area contributed by atoms with Gasteiger partial charge in [0.1, 0.15) is 0 Å². The number of hydrogen-bond acceptors (Lipinski definition) is 4. The fourth-order valence-electron chi connectivity index (χ4n) is 2.17. The standard InChI is InChI=1S/C11H16N2OS2/c1-8-10(9(2)14)16-11(15)13(8)12-6-4-3-5-7-12/h3-7H2,1-2H3. The molecule has 1 fully saturated rings. The number of ketones is 1. The van der Waals surface area contributed by atoms with Gasteiger partial charge < -0.3 is 5.01 Å². The Kier molecular flexibility index (Phi) is 3.44. The van der Waals surface area contributed by atoms with E-state index >= 15 is 0 Å². The summed E-state index contributed by atoms with van der Waals surface area (Å²) in [6, 6.07) is 0. The largest absolute Gasteiger partial charge is 0.311 e. The van der Waals surface area contributed by atoms with Crippen molar-refractivity contribution in [2.24, 2.45) is 0 Å². The zero-order valence-electron chi connectivity index (χ0n) is 9.65. The van der Waals surface area contributed by atoms with Crippen LogP contribution in [0.25, 0.3) is 0 Å². The van der Waals surface area contributed by atoms with Gasteiger partial charge in [-0.05, 0) is 38.4 Å². The second kappa shape index (κ2) is 4.67. The van der Waals surface area contributed by atoms with E-state index in [1.54, 1.807) is 6.92 Å². The SMILES string of the molecule is CC(=O)c1sc(=S)n(N2CCCCC2)c1C. The van der Waals surface area contributed by atoms with Crippen LogP contribution in [0.2, 0.25) is 0 Å². The number of Topliss-reactive ketones (excluding diaryl/α,β-unsaturated/α-hetero) is 1. The van der Waals surface area contributed by atoms with Gasteiger partial charge in [-0.15, -0.1) is 0 Å². The Morgan fingerprint density at radius 1 is 1.31 bits per heavy atom. The third kappa shape index (κ3) is 2.06. The van der Waals surface area contributed by atoms with E-state index in [0.29, 0.717) is 0 Å². The van der Waals surface area contributed by atoms with Gasteiger partial charge in [0, 0.05) is 20.0 Å². The van der Waals surface area contributed by atoms with Gasteiger partial charge in [0.05, 0.1) is 10.6 Å². The maximum absolute atomic E-state index is 11.4. The van der Waals surface area contributed by atoms with Crippen LogP contribution in [0.5, 0.6) is 0 Å². The molecule has 2 heterocycles. The van der Waals surface area contributed by atoms with Crippen LogP contribution in [0.4, 0.5) is 0 Å². The van der Waals surface area contributed by atoms with Crippen molar-refractivity contribution in [2.75, 3.05) is 18.1 Å². The minimum absolute atomic E-state index is 0.115. The maximum Gasteiger partial charge on any atom is 0.180 e. The first-order chi connectivity index (χ1) is 7.61. The molecule has 0 aliphatic carbocycles. The van der Waals surface area contributed by atoms with E-state index in [1.807, 2.05) is 6.92 Å². The fourth-order valence-corrected chi connectivity index (χ4v) is 3.56. The summed E-state index contributed by atoms with van der Waals surface area (Å²) in [5.41, 5.74) is 1.00. The summed E-state index contributed by atoms with van der Waals surface area (Å²) in [5, 5.41) is 2.27. The summed E-state index contributed by atoms with van der Waals surface area (Å²) in [7, 11) is 0. The summed E-state index contributed by atoms with van der Waals surface area (Å²) < 4.78 is 2.85. The van der Waals surface area contributed by atoms with Crippen molar-refractivity contribution < 1.29 is 4.79 Å². The highest BCUT2D eigenvalue weighted by Gasteiger charge is 2.18. The minimum atomic E-state index is 0.115. The Hall–Kier alpha value is -0.680. The van der Waals surface area contributed by atoms with Crippen molar-refractivity contribution >= 4 is 29.3 Å². The molecule has 0 saturated carbocycles. The number of nitrogens with zero attached hydrogens (tertiary/aromatic N) is 2. The van der Waals surface area contributed by atoms with Crippen LogP contribution in [0.15, 0.2) is 0 Å². The summed E-state index contributed by atoms with van der Waals surface area (Å²) in [5.74, 6) is 0.115. The predicted octanol–water partition coefficient (Wildman–Crippen LogP) is 2.91.